The molecule has 6 heteroatoms. The molecule has 0 unspecified atom stereocenters. The lowest BCUT2D eigenvalue weighted by atomic mass is 10.2. The highest BCUT2D eigenvalue weighted by molar-refractivity contribution is 7.98. The van der Waals surface area contributed by atoms with Crippen LogP contribution < -0.4 is 5.32 Å². The molecular formula is C20H22N4OS. The smallest absolute Gasteiger partial charge is 0.255 e. The average molecular weight is 366 g/mol. The highest BCUT2D eigenvalue weighted by Gasteiger charge is 2.13. The molecule has 0 spiro atoms. The SMILES string of the molecule is CSCCNc1ccc(C(=O)N(C)Cc2ccc3ccccc3n2)cn1. The van der Waals surface area contributed by atoms with Crippen molar-refractivity contribution in [1.29, 1.82) is 0 Å². The van der Waals surface area contributed by atoms with Crippen LogP contribution in [0.3, 0.4) is 0 Å². The number of nitrogens with zero attached hydrogens (tertiary/aromatic N) is 3. The molecule has 0 fully saturated rings. The zero-order valence-corrected chi connectivity index (χ0v) is 15.8. The van der Waals surface area contributed by atoms with Crippen LogP contribution in [0, 0.1) is 0 Å². The number of thioether (sulfide) groups is 1. The van der Waals surface area contributed by atoms with E-state index in [9.17, 15) is 4.79 Å². The largest absolute Gasteiger partial charge is 0.369 e. The summed E-state index contributed by atoms with van der Waals surface area (Å²) in [4.78, 5) is 23.2. The monoisotopic (exact) mass is 366 g/mol. The van der Waals surface area contributed by atoms with E-state index >= 15 is 0 Å². The minimum Gasteiger partial charge on any atom is -0.369 e. The average Bonchev–Trinajstić information content (AvgIpc) is 2.68. The molecule has 1 N–H and O–H groups in total. The lowest BCUT2D eigenvalue weighted by molar-refractivity contribution is 0.0783. The minimum atomic E-state index is -0.0666. The minimum absolute atomic E-state index is 0.0666. The Balaban J connectivity index is 1.64. The molecule has 0 aliphatic carbocycles. The van der Waals surface area contributed by atoms with Crippen LogP contribution in [0.2, 0.25) is 0 Å². The second-order valence-corrected chi connectivity index (χ2v) is 6.99. The van der Waals surface area contributed by atoms with Gasteiger partial charge in [0, 0.05) is 30.9 Å². The third kappa shape index (κ3) is 4.52. The van der Waals surface area contributed by atoms with Crippen molar-refractivity contribution in [1.82, 2.24) is 14.9 Å². The number of hydrogen-bond donors (Lipinski definition) is 1. The number of benzene rings is 1. The van der Waals surface area contributed by atoms with Gasteiger partial charge in [0.05, 0.1) is 23.3 Å². The maximum Gasteiger partial charge on any atom is 0.255 e. The molecule has 0 saturated heterocycles. The fourth-order valence-corrected chi connectivity index (χ4v) is 2.94. The molecule has 2 heterocycles. The number of rotatable bonds is 7. The van der Waals surface area contributed by atoms with Gasteiger partial charge in [-0.1, -0.05) is 24.3 Å². The summed E-state index contributed by atoms with van der Waals surface area (Å²) in [5.74, 6) is 1.74. The Morgan fingerprint density at radius 3 is 2.77 bits per heavy atom. The first-order valence-corrected chi connectivity index (χ1v) is 9.86. The van der Waals surface area contributed by atoms with E-state index in [0.717, 1.165) is 34.7 Å². The van der Waals surface area contributed by atoms with Gasteiger partial charge in [0.1, 0.15) is 5.82 Å². The van der Waals surface area contributed by atoms with Gasteiger partial charge in [-0.15, -0.1) is 0 Å². The van der Waals surface area contributed by atoms with Crippen LogP contribution in [0.15, 0.2) is 54.7 Å². The number of amides is 1. The van der Waals surface area contributed by atoms with E-state index < -0.39 is 0 Å². The number of carbonyl (C=O) groups excluding carboxylic acids is 1. The zero-order valence-electron chi connectivity index (χ0n) is 15.0. The highest BCUT2D eigenvalue weighted by Crippen LogP contribution is 2.14. The van der Waals surface area contributed by atoms with E-state index in [-0.39, 0.29) is 5.91 Å². The number of pyridine rings is 2. The molecule has 0 aliphatic rings. The molecule has 3 rings (SSSR count). The molecule has 0 bridgehead atoms. The summed E-state index contributed by atoms with van der Waals surface area (Å²) in [5.41, 5.74) is 2.37. The molecule has 5 nitrogen and oxygen atoms in total. The first-order chi connectivity index (χ1) is 12.7. The second kappa shape index (κ2) is 8.67. The van der Waals surface area contributed by atoms with E-state index in [4.69, 9.17) is 0 Å². The van der Waals surface area contributed by atoms with Gasteiger partial charge in [0.25, 0.3) is 5.91 Å². The number of hydrogen-bond acceptors (Lipinski definition) is 5. The summed E-state index contributed by atoms with van der Waals surface area (Å²) in [6.07, 6.45) is 3.69. The molecule has 1 aromatic carbocycles. The van der Waals surface area contributed by atoms with Crippen molar-refractivity contribution >= 4 is 34.4 Å². The van der Waals surface area contributed by atoms with Crippen molar-refractivity contribution in [3.05, 3.63) is 66.0 Å². The van der Waals surface area contributed by atoms with Crippen LogP contribution >= 0.6 is 11.8 Å². The normalized spacial score (nSPS) is 10.7. The third-order valence-corrected chi connectivity index (χ3v) is 4.64. The molecule has 2 aromatic heterocycles. The van der Waals surface area contributed by atoms with Gasteiger partial charge >= 0.3 is 0 Å². The molecule has 134 valence electrons. The lowest BCUT2D eigenvalue weighted by Gasteiger charge is -2.17. The topological polar surface area (TPSA) is 58.1 Å². The second-order valence-electron chi connectivity index (χ2n) is 6.01. The van der Waals surface area contributed by atoms with Crippen LogP contribution in [0.4, 0.5) is 5.82 Å². The van der Waals surface area contributed by atoms with Crippen molar-refractivity contribution in [3.63, 3.8) is 0 Å². The van der Waals surface area contributed by atoms with Crippen molar-refractivity contribution in [3.8, 4) is 0 Å². The number of para-hydroxylation sites is 1. The van der Waals surface area contributed by atoms with Crippen molar-refractivity contribution in [2.24, 2.45) is 0 Å². The van der Waals surface area contributed by atoms with Crippen LogP contribution in [-0.4, -0.2) is 46.4 Å². The molecule has 1 amide bonds. The van der Waals surface area contributed by atoms with E-state index in [2.05, 4.69) is 21.5 Å². The van der Waals surface area contributed by atoms with Crippen LogP contribution in [0.5, 0.6) is 0 Å². The summed E-state index contributed by atoms with van der Waals surface area (Å²) in [5, 5.41) is 4.33. The fourth-order valence-electron chi connectivity index (χ4n) is 2.64. The van der Waals surface area contributed by atoms with Gasteiger partial charge in [-0.3, -0.25) is 9.78 Å². The summed E-state index contributed by atoms with van der Waals surface area (Å²) in [6.45, 7) is 1.31. The van der Waals surface area contributed by atoms with E-state index in [1.807, 2.05) is 42.5 Å². The van der Waals surface area contributed by atoms with Gasteiger partial charge in [-0.2, -0.15) is 11.8 Å². The summed E-state index contributed by atoms with van der Waals surface area (Å²) in [7, 11) is 1.78. The molecule has 3 aromatic rings. The molecule has 0 atom stereocenters. The van der Waals surface area contributed by atoms with Crippen LogP contribution in [0.25, 0.3) is 10.9 Å². The Labute approximate surface area is 157 Å². The maximum atomic E-state index is 12.6. The standard InChI is InChI=1S/C20H22N4OS/c1-24(14-17-9-7-15-5-3-4-6-18(15)23-17)20(25)16-8-10-19(22-13-16)21-11-12-26-2/h3-10,13H,11-12,14H2,1-2H3,(H,21,22). The Hall–Kier alpha value is -2.60. The quantitative estimate of drug-likeness (QED) is 0.647. The van der Waals surface area contributed by atoms with Gasteiger partial charge in [0.2, 0.25) is 0 Å². The van der Waals surface area contributed by atoms with E-state index in [1.54, 1.807) is 36.0 Å². The predicted octanol–water partition coefficient (Wildman–Crippen LogP) is 3.68. The highest BCUT2D eigenvalue weighted by atomic mass is 32.2. The van der Waals surface area contributed by atoms with Crippen LogP contribution in [0.1, 0.15) is 16.1 Å². The summed E-state index contributed by atoms with van der Waals surface area (Å²) >= 11 is 1.78. The number of nitrogens with one attached hydrogen (secondary N) is 1. The zero-order chi connectivity index (χ0) is 18.4. The summed E-state index contributed by atoms with van der Waals surface area (Å²) < 4.78 is 0. The predicted molar refractivity (Wildman–Crippen MR) is 109 cm³/mol. The Morgan fingerprint density at radius 2 is 2.00 bits per heavy atom. The molecule has 0 aliphatic heterocycles. The van der Waals surface area contributed by atoms with Crippen molar-refractivity contribution in [2.45, 2.75) is 6.54 Å². The fraction of sp³-hybridized carbons (Fsp3) is 0.250. The van der Waals surface area contributed by atoms with Gasteiger partial charge in [0.15, 0.2) is 0 Å². The number of aromatic nitrogens is 2. The van der Waals surface area contributed by atoms with Gasteiger partial charge in [-0.05, 0) is 30.5 Å². The Bertz CT molecular complexity index is 882. The first kappa shape index (κ1) is 18.2. The summed E-state index contributed by atoms with van der Waals surface area (Å²) in [6, 6.07) is 15.6. The van der Waals surface area contributed by atoms with Gasteiger partial charge < -0.3 is 10.2 Å². The number of fused-ring (bicyclic) bond motifs is 1. The van der Waals surface area contributed by atoms with Crippen LogP contribution in [-0.2, 0) is 6.54 Å². The molecule has 0 radical (unpaired) electrons. The van der Waals surface area contributed by atoms with Crippen molar-refractivity contribution in [2.75, 3.05) is 30.9 Å². The van der Waals surface area contributed by atoms with Gasteiger partial charge in [-0.25, -0.2) is 4.98 Å². The Kier molecular flexibility index (Phi) is 6.07. The lowest BCUT2D eigenvalue weighted by Crippen LogP contribution is -2.26. The number of carbonyl (C=O) groups is 1. The first-order valence-electron chi connectivity index (χ1n) is 8.46. The number of anilines is 1. The van der Waals surface area contributed by atoms with Crippen molar-refractivity contribution < 1.29 is 4.79 Å². The Morgan fingerprint density at radius 1 is 1.15 bits per heavy atom. The molecule has 0 saturated carbocycles. The van der Waals surface area contributed by atoms with E-state index in [1.165, 1.54) is 0 Å². The third-order valence-electron chi connectivity index (χ3n) is 4.02. The molecular weight excluding hydrogens is 344 g/mol. The molecule has 26 heavy (non-hydrogen) atoms. The van der Waals surface area contributed by atoms with E-state index in [0.29, 0.717) is 12.1 Å². The maximum absolute atomic E-state index is 12.6.